The van der Waals surface area contributed by atoms with Gasteiger partial charge in [0.25, 0.3) is 0 Å². The fraction of sp³-hybridized carbons (Fsp3) is 0.643. The van der Waals surface area contributed by atoms with Crippen molar-refractivity contribution in [2.75, 3.05) is 18.0 Å². The average Bonchev–Trinajstić information content (AvgIpc) is 2.75. The fourth-order valence-corrected chi connectivity index (χ4v) is 3.21. The Morgan fingerprint density at radius 3 is 2.90 bits per heavy atom. The predicted octanol–water partition coefficient (Wildman–Crippen LogP) is 1.79. The van der Waals surface area contributed by atoms with Gasteiger partial charge in [-0.3, -0.25) is 0 Å². The molecule has 3 atom stereocenters. The van der Waals surface area contributed by atoms with Gasteiger partial charge in [-0.1, -0.05) is 6.07 Å². The zero-order valence-electron chi connectivity index (χ0n) is 11.7. The number of nitrogens with zero attached hydrogens (tertiary/aromatic N) is 2. The lowest BCUT2D eigenvalue weighted by Gasteiger charge is -2.37. The summed E-state index contributed by atoms with van der Waals surface area (Å²) in [6.07, 6.45) is -6.42. The number of alkyl halides is 3. The largest absolute Gasteiger partial charge is 0.391 e. The number of fused-ring (bicyclic) bond motifs is 3. The van der Waals surface area contributed by atoms with Crippen molar-refractivity contribution in [1.82, 2.24) is 10.3 Å². The molecular weight excluding hydrogens is 283 g/mol. The Labute approximate surface area is 121 Å². The molecule has 1 saturated heterocycles. The highest BCUT2D eigenvalue weighted by molar-refractivity contribution is 5.56. The lowest BCUT2D eigenvalue weighted by Crippen LogP contribution is -2.55. The van der Waals surface area contributed by atoms with E-state index in [2.05, 4.69) is 22.1 Å². The van der Waals surface area contributed by atoms with E-state index >= 15 is 0 Å². The second kappa shape index (κ2) is 5.14. The first-order chi connectivity index (χ1) is 9.85. The molecule has 2 aliphatic heterocycles. The van der Waals surface area contributed by atoms with E-state index in [9.17, 15) is 18.3 Å². The van der Waals surface area contributed by atoms with Gasteiger partial charge in [0.1, 0.15) is 11.9 Å². The number of pyridine rings is 1. The summed E-state index contributed by atoms with van der Waals surface area (Å²) in [7, 11) is 0. The van der Waals surface area contributed by atoms with E-state index in [-0.39, 0.29) is 11.7 Å². The van der Waals surface area contributed by atoms with Crippen LogP contribution >= 0.6 is 0 Å². The fourth-order valence-electron chi connectivity index (χ4n) is 3.21. The lowest BCUT2D eigenvalue weighted by atomic mass is 10.1. The second-order valence-electron chi connectivity index (χ2n) is 5.83. The van der Waals surface area contributed by atoms with Crippen molar-refractivity contribution in [3.63, 3.8) is 0 Å². The van der Waals surface area contributed by atoms with Crippen LogP contribution in [0.4, 0.5) is 19.0 Å². The van der Waals surface area contributed by atoms with Gasteiger partial charge < -0.3 is 15.3 Å². The Kier molecular flexibility index (Phi) is 3.57. The first kappa shape index (κ1) is 14.6. The highest BCUT2D eigenvalue weighted by atomic mass is 19.4. The lowest BCUT2D eigenvalue weighted by molar-refractivity contribution is -0.154. The summed E-state index contributed by atoms with van der Waals surface area (Å²) in [5, 5.41) is 13.1. The van der Waals surface area contributed by atoms with Gasteiger partial charge >= 0.3 is 6.18 Å². The summed E-state index contributed by atoms with van der Waals surface area (Å²) in [6.45, 7) is 3.74. The molecule has 0 amide bonds. The van der Waals surface area contributed by atoms with Crippen LogP contribution in [0.2, 0.25) is 0 Å². The number of anilines is 1. The Morgan fingerprint density at radius 2 is 2.19 bits per heavy atom. The number of halogens is 3. The van der Waals surface area contributed by atoms with Crippen LogP contribution < -0.4 is 10.2 Å². The van der Waals surface area contributed by atoms with Crippen LogP contribution in [0.15, 0.2) is 12.1 Å². The van der Waals surface area contributed by atoms with Gasteiger partial charge in [0, 0.05) is 25.2 Å². The SMILES string of the molecule is C[C@@H]1CNC[C@H]2Cc3ccc([C@@H](O)CC(F)(F)F)nc3N21. The van der Waals surface area contributed by atoms with Gasteiger partial charge in [-0.2, -0.15) is 13.2 Å². The Bertz CT molecular complexity index is 535. The van der Waals surface area contributed by atoms with Gasteiger partial charge in [-0.25, -0.2) is 4.98 Å². The maximum absolute atomic E-state index is 12.4. The second-order valence-corrected chi connectivity index (χ2v) is 5.83. The van der Waals surface area contributed by atoms with Crippen LogP contribution in [0.1, 0.15) is 30.7 Å². The minimum Gasteiger partial charge on any atom is -0.386 e. The molecule has 0 saturated carbocycles. The smallest absolute Gasteiger partial charge is 0.386 e. The molecule has 0 aromatic carbocycles. The highest BCUT2D eigenvalue weighted by Crippen LogP contribution is 2.36. The summed E-state index contributed by atoms with van der Waals surface area (Å²) >= 11 is 0. The van der Waals surface area contributed by atoms with Crippen molar-refractivity contribution >= 4 is 5.82 Å². The van der Waals surface area contributed by atoms with Gasteiger partial charge in [0.15, 0.2) is 0 Å². The minimum absolute atomic E-state index is 0.0949. The van der Waals surface area contributed by atoms with E-state index in [1.165, 1.54) is 6.07 Å². The monoisotopic (exact) mass is 301 g/mol. The molecule has 0 bridgehead atoms. The number of aliphatic hydroxyl groups is 1. The molecule has 116 valence electrons. The molecule has 1 aromatic rings. The van der Waals surface area contributed by atoms with Crippen molar-refractivity contribution in [2.45, 2.75) is 44.1 Å². The summed E-state index contributed by atoms with van der Waals surface area (Å²) in [4.78, 5) is 6.48. The number of hydrogen-bond donors (Lipinski definition) is 2. The molecule has 0 spiro atoms. The van der Waals surface area contributed by atoms with E-state index in [1.807, 2.05) is 0 Å². The summed E-state index contributed by atoms with van der Waals surface area (Å²) in [6, 6.07) is 3.84. The summed E-state index contributed by atoms with van der Waals surface area (Å²) < 4.78 is 37.2. The van der Waals surface area contributed by atoms with Crippen molar-refractivity contribution < 1.29 is 18.3 Å². The van der Waals surface area contributed by atoms with Crippen LogP contribution in [0.5, 0.6) is 0 Å². The number of nitrogens with one attached hydrogen (secondary N) is 1. The van der Waals surface area contributed by atoms with Gasteiger partial charge in [-0.15, -0.1) is 0 Å². The van der Waals surface area contributed by atoms with Crippen LogP contribution in [0.3, 0.4) is 0 Å². The third-order valence-corrected chi connectivity index (χ3v) is 4.13. The minimum atomic E-state index is -4.40. The molecule has 2 N–H and O–H groups in total. The Morgan fingerprint density at radius 1 is 1.43 bits per heavy atom. The normalized spacial score (nSPS) is 26.4. The van der Waals surface area contributed by atoms with Gasteiger partial charge in [0.2, 0.25) is 0 Å². The average molecular weight is 301 g/mol. The number of rotatable bonds is 2. The molecule has 4 nitrogen and oxygen atoms in total. The van der Waals surface area contributed by atoms with Crippen molar-refractivity contribution in [2.24, 2.45) is 0 Å². The van der Waals surface area contributed by atoms with Crippen LogP contribution in [-0.2, 0) is 6.42 Å². The Balaban J connectivity index is 1.87. The third-order valence-electron chi connectivity index (χ3n) is 4.13. The maximum atomic E-state index is 12.4. The molecule has 0 radical (unpaired) electrons. The molecule has 2 aliphatic rings. The van der Waals surface area contributed by atoms with Gasteiger partial charge in [-0.05, 0) is 25.0 Å². The molecule has 3 heterocycles. The van der Waals surface area contributed by atoms with E-state index in [0.717, 1.165) is 30.9 Å². The highest BCUT2D eigenvalue weighted by Gasteiger charge is 2.37. The molecule has 1 fully saturated rings. The first-order valence-electron chi connectivity index (χ1n) is 7.09. The maximum Gasteiger partial charge on any atom is 0.391 e. The molecule has 3 rings (SSSR count). The first-order valence-corrected chi connectivity index (χ1v) is 7.09. The molecular formula is C14H18F3N3O. The van der Waals surface area contributed by atoms with Crippen LogP contribution in [0.25, 0.3) is 0 Å². The van der Waals surface area contributed by atoms with Crippen molar-refractivity contribution in [3.8, 4) is 0 Å². The molecule has 21 heavy (non-hydrogen) atoms. The molecule has 0 unspecified atom stereocenters. The van der Waals surface area contributed by atoms with Crippen LogP contribution in [0, 0.1) is 0 Å². The standard InChI is InChI=1S/C14H18F3N3O/c1-8-6-18-7-10-4-9-2-3-11(19-13(9)20(8)10)12(21)5-14(15,16)17/h2-3,8,10,12,18,21H,4-7H2,1H3/t8-,10-,12+/m1/s1. The zero-order valence-corrected chi connectivity index (χ0v) is 11.7. The topological polar surface area (TPSA) is 48.4 Å². The molecule has 7 heteroatoms. The predicted molar refractivity (Wildman–Crippen MR) is 72.2 cm³/mol. The number of aromatic nitrogens is 1. The van der Waals surface area contributed by atoms with E-state index in [1.54, 1.807) is 6.07 Å². The third kappa shape index (κ3) is 2.85. The number of aliphatic hydroxyl groups excluding tert-OH is 1. The number of hydrogen-bond acceptors (Lipinski definition) is 4. The van der Waals surface area contributed by atoms with E-state index in [0.29, 0.717) is 6.04 Å². The summed E-state index contributed by atoms with van der Waals surface area (Å²) in [5.41, 5.74) is 1.14. The van der Waals surface area contributed by atoms with Gasteiger partial charge in [0.05, 0.1) is 12.1 Å². The van der Waals surface area contributed by atoms with Crippen LogP contribution in [-0.4, -0.2) is 41.4 Å². The summed E-state index contributed by atoms with van der Waals surface area (Å²) in [5.74, 6) is 0.729. The quantitative estimate of drug-likeness (QED) is 0.874. The van der Waals surface area contributed by atoms with E-state index in [4.69, 9.17) is 0 Å². The zero-order chi connectivity index (χ0) is 15.2. The van der Waals surface area contributed by atoms with E-state index < -0.39 is 18.7 Å². The Hall–Kier alpha value is -1.34. The van der Waals surface area contributed by atoms with Crippen molar-refractivity contribution in [1.29, 1.82) is 0 Å². The van der Waals surface area contributed by atoms with Crippen molar-refractivity contribution in [3.05, 3.63) is 23.4 Å². The molecule has 1 aromatic heterocycles. The number of piperazine rings is 1. The molecule has 0 aliphatic carbocycles.